The van der Waals surface area contributed by atoms with Gasteiger partial charge in [0, 0.05) is 29.9 Å². The van der Waals surface area contributed by atoms with E-state index >= 15 is 0 Å². The highest BCUT2D eigenvalue weighted by Crippen LogP contribution is 2.28. The number of nitrogens with zero attached hydrogens (tertiary/aromatic N) is 2. The molecule has 1 aromatic heterocycles. The number of hydrogen-bond acceptors (Lipinski definition) is 4. The summed E-state index contributed by atoms with van der Waals surface area (Å²) < 4.78 is 7.13. The summed E-state index contributed by atoms with van der Waals surface area (Å²) in [5.41, 5.74) is 0.602. The van der Waals surface area contributed by atoms with Crippen LogP contribution in [-0.2, 0) is 7.05 Å². The topological polar surface area (TPSA) is 44.1 Å². The largest absolute Gasteiger partial charge is 0.496 e. The van der Waals surface area contributed by atoms with Crippen LogP contribution in [0.2, 0.25) is 0 Å². The van der Waals surface area contributed by atoms with E-state index in [0.717, 1.165) is 10.7 Å². The molecule has 0 saturated heterocycles. The van der Waals surface area contributed by atoms with Crippen LogP contribution in [0.5, 0.6) is 5.75 Å². The molecule has 20 heavy (non-hydrogen) atoms. The zero-order valence-electron chi connectivity index (χ0n) is 11.7. The van der Waals surface area contributed by atoms with Crippen LogP contribution in [0.25, 0.3) is 6.08 Å². The van der Waals surface area contributed by atoms with Crippen molar-refractivity contribution in [2.75, 3.05) is 13.4 Å². The Hall–Kier alpha value is -2.01. The van der Waals surface area contributed by atoms with Crippen molar-refractivity contribution in [3.63, 3.8) is 0 Å². The monoisotopic (exact) mass is 288 g/mol. The summed E-state index contributed by atoms with van der Waals surface area (Å²) in [5.74, 6) is 1.39. The fourth-order valence-electron chi connectivity index (χ4n) is 1.77. The van der Waals surface area contributed by atoms with Gasteiger partial charge < -0.3 is 9.30 Å². The molecule has 0 fully saturated rings. The van der Waals surface area contributed by atoms with Crippen molar-refractivity contribution < 1.29 is 9.53 Å². The number of aromatic nitrogens is 2. The van der Waals surface area contributed by atoms with Gasteiger partial charge in [-0.1, -0.05) is 0 Å². The predicted octanol–water partition coefficient (Wildman–Crippen LogP) is 3.05. The van der Waals surface area contributed by atoms with Crippen molar-refractivity contribution in [3.8, 4) is 5.75 Å². The number of ether oxygens (including phenoxy) is 1. The Morgan fingerprint density at radius 3 is 2.85 bits per heavy atom. The SMILES string of the molecule is COc1cc(C(=O)/C=C\c2nccn2C)ccc1SC. The number of allylic oxidation sites excluding steroid dienone is 1. The second-order valence-corrected chi connectivity index (χ2v) is 5.01. The fraction of sp³-hybridized carbons (Fsp3) is 0.200. The van der Waals surface area contributed by atoms with Gasteiger partial charge in [-0.05, 0) is 36.6 Å². The first-order valence-corrected chi connectivity index (χ1v) is 7.30. The maximum Gasteiger partial charge on any atom is 0.186 e. The highest BCUT2D eigenvalue weighted by atomic mass is 32.2. The second kappa shape index (κ2) is 6.43. The van der Waals surface area contributed by atoms with E-state index in [2.05, 4.69) is 4.98 Å². The predicted molar refractivity (Wildman–Crippen MR) is 81.3 cm³/mol. The van der Waals surface area contributed by atoms with Crippen LogP contribution in [0.3, 0.4) is 0 Å². The molecule has 1 heterocycles. The Kier molecular flexibility index (Phi) is 4.63. The van der Waals surface area contributed by atoms with E-state index in [1.54, 1.807) is 43.3 Å². The summed E-state index contributed by atoms with van der Waals surface area (Å²) in [6.45, 7) is 0. The van der Waals surface area contributed by atoms with Gasteiger partial charge in [0.15, 0.2) is 5.78 Å². The number of carbonyl (C=O) groups excluding carboxylic acids is 1. The fourth-order valence-corrected chi connectivity index (χ4v) is 2.32. The van der Waals surface area contributed by atoms with Crippen molar-refractivity contribution in [3.05, 3.63) is 48.1 Å². The van der Waals surface area contributed by atoms with Crippen LogP contribution in [0.4, 0.5) is 0 Å². The van der Waals surface area contributed by atoms with Crippen LogP contribution < -0.4 is 4.74 Å². The molecule has 104 valence electrons. The number of hydrogen-bond donors (Lipinski definition) is 0. The molecule has 0 amide bonds. The van der Waals surface area contributed by atoms with Gasteiger partial charge in [-0.25, -0.2) is 4.98 Å². The van der Waals surface area contributed by atoms with Crippen LogP contribution in [0.1, 0.15) is 16.2 Å². The maximum atomic E-state index is 12.1. The van der Waals surface area contributed by atoms with E-state index in [1.807, 2.05) is 30.1 Å². The molecular weight excluding hydrogens is 272 g/mol. The maximum absolute atomic E-state index is 12.1. The lowest BCUT2D eigenvalue weighted by molar-refractivity contribution is 0.104. The average molecular weight is 288 g/mol. The third-order valence-corrected chi connectivity index (χ3v) is 3.69. The van der Waals surface area contributed by atoms with E-state index in [0.29, 0.717) is 11.3 Å². The smallest absolute Gasteiger partial charge is 0.186 e. The normalized spacial score (nSPS) is 10.9. The molecule has 0 aliphatic rings. The summed E-state index contributed by atoms with van der Waals surface area (Å²) in [6.07, 6.45) is 8.73. The highest BCUT2D eigenvalue weighted by Gasteiger charge is 2.08. The van der Waals surface area contributed by atoms with Crippen molar-refractivity contribution in [1.82, 2.24) is 9.55 Å². The molecule has 1 aromatic carbocycles. The van der Waals surface area contributed by atoms with Crippen LogP contribution in [-0.4, -0.2) is 28.7 Å². The number of rotatable bonds is 5. The Labute approximate surface area is 122 Å². The van der Waals surface area contributed by atoms with E-state index in [9.17, 15) is 4.79 Å². The number of benzene rings is 1. The third-order valence-electron chi connectivity index (χ3n) is 2.91. The molecule has 0 atom stereocenters. The molecular formula is C15H16N2O2S. The first kappa shape index (κ1) is 14.4. The minimum absolute atomic E-state index is 0.0704. The molecule has 0 N–H and O–H groups in total. The van der Waals surface area contributed by atoms with Crippen molar-refractivity contribution in [1.29, 1.82) is 0 Å². The lowest BCUT2D eigenvalue weighted by Gasteiger charge is -2.07. The zero-order chi connectivity index (χ0) is 14.5. The van der Waals surface area contributed by atoms with Crippen LogP contribution >= 0.6 is 11.8 Å². The summed E-state index contributed by atoms with van der Waals surface area (Å²) in [6, 6.07) is 5.46. The van der Waals surface area contributed by atoms with E-state index < -0.39 is 0 Å². The Balaban J connectivity index is 2.21. The number of imidazole rings is 1. The molecule has 0 unspecified atom stereocenters. The summed E-state index contributed by atoms with van der Waals surface area (Å²) >= 11 is 1.59. The minimum atomic E-state index is -0.0704. The standard InChI is InChI=1S/C15H16N2O2S/c1-17-9-8-16-15(17)7-5-12(18)11-4-6-14(20-3)13(10-11)19-2/h4-10H,1-3H3/b7-5-. The molecule has 0 aliphatic carbocycles. The Morgan fingerprint density at radius 2 is 2.25 bits per heavy atom. The van der Waals surface area contributed by atoms with Crippen molar-refractivity contribution in [2.45, 2.75) is 4.90 Å². The lowest BCUT2D eigenvalue weighted by Crippen LogP contribution is -1.97. The minimum Gasteiger partial charge on any atom is -0.496 e. The van der Waals surface area contributed by atoms with Gasteiger partial charge >= 0.3 is 0 Å². The molecule has 0 saturated carbocycles. The van der Waals surface area contributed by atoms with Gasteiger partial charge in [-0.3, -0.25) is 4.79 Å². The molecule has 0 aliphatic heterocycles. The van der Waals surface area contributed by atoms with Crippen molar-refractivity contribution >= 4 is 23.6 Å². The lowest BCUT2D eigenvalue weighted by atomic mass is 10.1. The molecule has 0 spiro atoms. The first-order chi connectivity index (χ1) is 9.65. The van der Waals surface area contributed by atoms with E-state index in [-0.39, 0.29) is 5.78 Å². The van der Waals surface area contributed by atoms with Gasteiger partial charge in [0.2, 0.25) is 0 Å². The first-order valence-electron chi connectivity index (χ1n) is 6.07. The second-order valence-electron chi connectivity index (χ2n) is 4.16. The van der Waals surface area contributed by atoms with Gasteiger partial charge in [0.05, 0.1) is 7.11 Å². The van der Waals surface area contributed by atoms with Gasteiger partial charge in [0.1, 0.15) is 11.6 Å². The Morgan fingerprint density at radius 1 is 1.45 bits per heavy atom. The molecule has 0 bridgehead atoms. The zero-order valence-corrected chi connectivity index (χ0v) is 12.5. The molecule has 0 radical (unpaired) electrons. The molecule has 2 rings (SSSR count). The number of carbonyl (C=O) groups is 1. The molecule has 2 aromatic rings. The number of aryl methyl sites for hydroxylation is 1. The summed E-state index contributed by atoms with van der Waals surface area (Å²) in [4.78, 5) is 17.3. The quantitative estimate of drug-likeness (QED) is 0.482. The summed E-state index contributed by atoms with van der Waals surface area (Å²) in [7, 11) is 3.49. The third kappa shape index (κ3) is 3.11. The summed E-state index contributed by atoms with van der Waals surface area (Å²) in [5, 5.41) is 0. The van der Waals surface area contributed by atoms with Crippen LogP contribution in [0, 0.1) is 0 Å². The average Bonchev–Trinajstić information content (AvgIpc) is 2.89. The number of thioether (sulfide) groups is 1. The van der Waals surface area contributed by atoms with Gasteiger partial charge in [-0.15, -0.1) is 11.8 Å². The van der Waals surface area contributed by atoms with Gasteiger partial charge in [0.25, 0.3) is 0 Å². The van der Waals surface area contributed by atoms with Gasteiger partial charge in [-0.2, -0.15) is 0 Å². The van der Waals surface area contributed by atoms with E-state index in [1.165, 1.54) is 6.08 Å². The van der Waals surface area contributed by atoms with E-state index in [4.69, 9.17) is 4.74 Å². The van der Waals surface area contributed by atoms with Crippen LogP contribution in [0.15, 0.2) is 41.6 Å². The highest BCUT2D eigenvalue weighted by molar-refractivity contribution is 7.98. The van der Waals surface area contributed by atoms with Crippen molar-refractivity contribution in [2.24, 2.45) is 7.05 Å². The Bertz CT molecular complexity index is 647. The molecule has 4 nitrogen and oxygen atoms in total. The number of ketones is 1. The number of methoxy groups -OCH3 is 1. The molecule has 5 heteroatoms.